The second-order valence-electron chi connectivity index (χ2n) is 5.73. The molecule has 1 N–H and O–H groups in total. The number of nitrogens with zero attached hydrogens (tertiary/aromatic N) is 1. The van der Waals surface area contributed by atoms with Crippen molar-refractivity contribution in [2.45, 2.75) is 32.1 Å². The summed E-state index contributed by atoms with van der Waals surface area (Å²) >= 11 is 0. The standard InChI is InChI=1S/C17H18N2O/c20-17-15(12-6-2-1-3-7-12)18-14-10-4-8-13-9-5-11-19(17)16(13)14/h4-5,8-10,18H,1-3,6-7,11H2. The second-order valence-corrected chi connectivity index (χ2v) is 5.73. The number of hydrogen-bond acceptors (Lipinski definition) is 2. The summed E-state index contributed by atoms with van der Waals surface area (Å²) in [6.45, 7) is 0.682. The van der Waals surface area contributed by atoms with E-state index in [1.807, 2.05) is 11.0 Å². The van der Waals surface area contributed by atoms with Crippen LogP contribution in [0.1, 0.15) is 37.7 Å². The van der Waals surface area contributed by atoms with Gasteiger partial charge in [0.15, 0.2) is 0 Å². The Hall–Kier alpha value is -2.03. The molecule has 2 heterocycles. The van der Waals surface area contributed by atoms with Gasteiger partial charge in [-0.1, -0.05) is 30.7 Å². The normalized spacial score (nSPS) is 20.8. The lowest BCUT2D eigenvalue weighted by molar-refractivity contribution is -0.115. The average molecular weight is 266 g/mol. The topological polar surface area (TPSA) is 32.3 Å². The summed E-state index contributed by atoms with van der Waals surface area (Å²) in [5, 5.41) is 3.41. The molecule has 3 aliphatic rings. The molecule has 1 aromatic rings. The Labute approximate surface area is 119 Å². The second kappa shape index (κ2) is 4.51. The molecule has 3 heteroatoms. The number of nitrogens with one attached hydrogen (secondary N) is 1. The molecule has 0 aromatic heterocycles. The fourth-order valence-corrected chi connectivity index (χ4v) is 3.45. The highest BCUT2D eigenvalue weighted by Gasteiger charge is 2.32. The lowest BCUT2D eigenvalue weighted by Crippen LogP contribution is -2.40. The Kier molecular flexibility index (Phi) is 2.66. The van der Waals surface area contributed by atoms with E-state index >= 15 is 0 Å². The van der Waals surface area contributed by atoms with Gasteiger partial charge in [0.05, 0.1) is 11.4 Å². The van der Waals surface area contributed by atoms with E-state index in [-0.39, 0.29) is 5.91 Å². The fraction of sp³-hybridized carbons (Fsp3) is 0.353. The first kappa shape index (κ1) is 11.8. The molecule has 0 atom stereocenters. The first-order valence-electron chi connectivity index (χ1n) is 7.45. The maximum atomic E-state index is 12.8. The van der Waals surface area contributed by atoms with Crippen LogP contribution in [0.4, 0.5) is 11.4 Å². The highest BCUT2D eigenvalue weighted by atomic mass is 16.2. The van der Waals surface area contributed by atoms with Crippen LogP contribution in [0.25, 0.3) is 6.08 Å². The Balaban J connectivity index is 1.84. The van der Waals surface area contributed by atoms with Crippen molar-refractivity contribution in [2.24, 2.45) is 0 Å². The van der Waals surface area contributed by atoms with Crippen LogP contribution in [0.5, 0.6) is 0 Å². The van der Waals surface area contributed by atoms with Gasteiger partial charge in [-0.05, 0) is 37.3 Å². The predicted molar refractivity (Wildman–Crippen MR) is 81.6 cm³/mol. The molecule has 1 aliphatic carbocycles. The van der Waals surface area contributed by atoms with E-state index in [9.17, 15) is 4.79 Å². The molecule has 0 saturated heterocycles. The maximum absolute atomic E-state index is 12.8. The smallest absolute Gasteiger partial charge is 0.275 e. The maximum Gasteiger partial charge on any atom is 0.275 e. The van der Waals surface area contributed by atoms with Crippen molar-refractivity contribution < 1.29 is 4.79 Å². The van der Waals surface area contributed by atoms with Crippen LogP contribution in [0.15, 0.2) is 35.5 Å². The molecule has 20 heavy (non-hydrogen) atoms. The first-order chi connectivity index (χ1) is 9.84. The fourth-order valence-electron chi connectivity index (χ4n) is 3.45. The van der Waals surface area contributed by atoms with Gasteiger partial charge in [-0.2, -0.15) is 0 Å². The third-order valence-electron chi connectivity index (χ3n) is 4.45. The summed E-state index contributed by atoms with van der Waals surface area (Å²) in [5.41, 5.74) is 5.39. The summed E-state index contributed by atoms with van der Waals surface area (Å²) < 4.78 is 0. The summed E-state index contributed by atoms with van der Waals surface area (Å²) in [6, 6.07) is 6.18. The van der Waals surface area contributed by atoms with Crippen molar-refractivity contribution in [1.82, 2.24) is 0 Å². The molecule has 0 spiro atoms. The van der Waals surface area contributed by atoms with Gasteiger partial charge in [0.25, 0.3) is 5.91 Å². The lowest BCUT2D eigenvalue weighted by Gasteiger charge is -2.35. The number of carbonyl (C=O) groups is 1. The largest absolute Gasteiger partial charge is 0.349 e. The molecule has 1 saturated carbocycles. The zero-order valence-corrected chi connectivity index (χ0v) is 11.5. The van der Waals surface area contributed by atoms with Crippen LogP contribution in [-0.4, -0.2) is 12.5 Å². The van der Waals surface area contributed by atoms with Crippen molar-refractivity contribution in [3.63, 3.8) is 0 Å². The van der Waals surface area contributed by atoms with E-state index in [1.165, 1.54) is 24.8 Å². The molecule has 1 fully saturated rings. The van der Waals surface area contributed by atoms with Crippen LogP contribution in [-0.2, 0) is 4.79 Å². The Morgan fingerprint density at radius 3 is 2.80 bits per heavy atom. The van der Waals surface area contributed by atoms with Gasteiger partial charge in [-0.15, -0.1) is 0 Å². The van der Waals surface area contributed by atoms with Crippen molar-refractivity contribution in [1.29, 1.82) is 0 Å². The van der Waals surface area contributed by atoms with Crippen molar-refractivity contribution in [3.05, 3.63) is 41.1 Å². The quantitative estimate of drug-likeness (QED) is 0.726. The molecule has 1 aromatic carbocycles. The van der Waals surface area contributed by atoms with E-state index in [2.05, 4.69) is 29.6 Å². The van der Waals surface area contributed by atoms with Crippen molar-refractivity contribution in [2.75, 3.05) is 16.8 Å². The predicted octanol–water partition coefficient (Wildman–Crippen LogP) is 3.69. The Morgan fingerprint density at radius 2 is 1.95 bits per heavy atom. The first-order valence-corrected chi connectivity index (χ1v) is 7.45. The SMILES string of the molecule is O=C1C(=C2CCCCC2)Nc2cccc3c2N1CC=C3. The molecule has 2 aliphatic heterocycles. The molecule has 1 amide bonds. The number of anilines is 2. The van der Waals surface area contributed by atoms with Crippen molar-refractivity contribution in [3.8, 4) is 0 Å². The minimum Gasteiger partial charge on any atom is -0.349 e. The zero-order chi connectivity index (χ0) is 13.5. The zero-order valence-electron chi connectivity index (χ0n) is 11.5. The van der Waals surface area contributed by atoms with Gasteiger partial charge in [0, 0.05) is 12.1 Å². The molecular formula is C17H18N2O. The van der Waals surface area contributed by atoms with Crippen molar-refractivity contribution >= 4 is 23.4 Å². The molecule has 0 bridgehead atoms. The van der Waals surface area contributed by atoms with E-state index in [0.29, 0.717) is 6.54 Å². The molecule has 102 valence electrons. The summed E-state index contributed by atoms with van der Waals surface area (Å²) in [6.07, 6.45) is 10.0. The monoisotopic (exact) mass is 266 g/mol. The minimum atomic E-state index is 0.145. The van der Waals surface area contributed by atoms with Gasteiger partial charge < -0.3 is 10.2 Å². The van der Waals surface area contributed by atoms with Gasteiger partial charge >= 0.3 is 0 Å². The number of amides is 1. The van der Waals surface area contributed by atoms with E-state index in [4.69, 9.17) is 0 Å². The Bertz CT molecular complexity index is 634. The minimum absolute atomic E-state index is 0.145. The molecule has 0 unspecified atom stereocenters. The summed E-state index contributed by atoms with van der Waals surface area (Å²) in [7, 11) is 0. The van der Waals surface area contributed by atoms with Crippen LogP contribution in [0.3, 0.4) is 0 Å². The Morgan fingerprint density at radius 1 is 1.10 bits per heavy atom. The number of hydrogen-bond donors (Lipinski definition) is 1. The number of allylic oxidation sites excluding steroid dienone is 1. The summed E-state index contributed by atoms with van der Waals surface area (Å²) in [5.74, 6) is 0.145. The van der Waals surface area contributed by atoms with Crippen LogP contribution >= 0.6 is 0 Å². The summed E-state index contributed by atoms with van der Waals surface area (Å²) in [4.78, 5) is 14.7. The van der Waals surface area contributed by atoms with Gasteiger partial charge in [0.2, 0.25) is 0 Å². The van der Waals surface area contributed by atoms with Crippen LogP contribution < -0.4 is 10.2 Å². The van der Waals surface area contributed by atoms with Gasteiger partial charge in [-0.3, -0.25) is 4.79 Å². The van der Waals surface area contributed by atoms with E-state index in [1.54, 1.807) is 0 Å². The lowest BCUT2D eigenvalue weighted by atomic mass is 9.91. The highest BCUT2D eigenvalue weighted by molar-refractivity contribution is 6.15. The van der Waals surface area contributed by atoms with E-state index < -0.39 is 0 Å². The average Bonchev–Trinajstić information content (AvgIpc) is 2.52. The van der Waals surface area contributed by atoms with E-state index in [0.717, 1.165) is 35.5 Å². The van der Waals surface area contributed by atoms with Gasteiger partial charge in [0.1, 0.15) is 5.70 Å². The third kappa shape index (κ3) is 1.69. The molecule has 0 radical (unpaired) electrons. The van der Waals surface area contributed by atoms with Crippen LogP contribution in [0, 0.1) is 0 Å². The van der Waals surface area contributed by atoms with Gasteiger partial charge in [-0.25, -0.2) is 0 Å². The third-order valence-corrected chi connectivity index (χ3v) is 4.45. The molecule has 4 rings (SSSR count). The number of rotatable bonds is 0. The molecular weight excluding hydrogens is 248 g/mol. The van der Waals surface area contributed by atoms with Crippen LogP contribution in [0.2, 0.25) is 0 Å². The number of carbonyl (C=O) groups excluding carboxylic acids is 1. The number of para-hydroxylation sites is 1. The number of benzene rings is 1. The highest BCUT2D eigenvalue weighted by Crippen LogP contribution is 2.40. The molecule has 3 nitrogen and oxygen atoms in total.